The van der Waals surface area contributed by atoms with E-state index in [0.29, 0.717) is 4.88 Å². The summed E-state index contributed by atoms with van der Waals surface area (Å²) in [7, 11) is 0. The fourth-order valence-corrected chi connectivity index (χ4v) is 3.39. The molecule has 0 aromatic carbocycles. The minimum Gasteiger partial charge on any atom is -0.477 e. The second kappa shape index (κ2) is 7.71. The molecule has 1 aromatic heterocycles. The van der Waals surface area contributed by atoms with Gasteiger partial charge >= 0.3 is 5.97 Å². The molecule has 0 amide bonds. The lowest BCUT2D eigenvalue weighted by Gasteiger charge is -2.17. The predicted octanol–water partition coefficient (Wildman–Crippen LogP) is 1.98. The molecular weight excluding hydrogens is 274 g/mol. The monoisotopic (exact) mass is 297 g/mol. The Balaban J connectivity index is 2.05. The van der Waals surface area contributed by atoms with Crippen molar-refractivity contribution in [3.8, 4) is 0 Å². The van der Waals surface area contributed by atoms with Crippen LogP contribution in [0, 0.1) is 0 Å². The molecule has 1 aliphatic rings. The number of aryl methyl sites for hydroxylation is 1. The Morgan fingerprint density at radius 2 is 2.30 bits per heavy atom. The van der Waals surface area contributed by atoms with Gasteiger partial charge in [-0.15, -0.1) is 11.3 Å². The minimum absolute atomic E-state index is 0.432. The van der Waals surface area contributed by atoms with Crippen LogP contribution in [0.5, 0.6) is 0 Å². The third-order valence-corrected chi connectivity index (χ3v) is 4.56. The Morgan fingerprint density at radius 1 is 1.45 bits per heavy atom. The van der Waals surface area contributed by atoms with Crippen LogP contribution in [-0.4, -0.2) is 47.1 Å². The van der Waals surface area contributed by atoms with Crippen LogP contribution < -0.4 is 5.32 Å². The number of unbranched alkanes of at least 4 members (excludes halogenated alkanes) is 1. The van der Waals surface area contributed by atoms with Crippen molar-refractivity contribution in [1.82, 2.24) is 15.2 Å². The molecule has 1 aromatic rings. The van der Waals surface area contributed by atoms with E-state index in [-0.39, 0.29) is 0 Å². The molecule has 0 atom stereocenters. The Labute approximate surface area is 124 Å². The van der Waals surface area contributed by atoms with Gasteiger partial charge in [0.2, 0.25) is 0 Å². The largest absolute Gasteiger partial charge is 0.477 e. The van der Waals surface area contributed by atoms with Gasteiger partial charge in [0.15, 0.2) is 0 Å². The molecule has 20 heavy (non-hydrogen) atoms. The maximum absolute atomic E-state index is 11.3. The minimum atomic E-state index is -0.836. The molecule has 0 bridgehead atoms. The Kier molecular flexibility index (Phi) is 5.94. The lowest BCUT2D eigenvalue weighted by Crippen LogP contribution is -2.27. The van der Waals surface area contributed by atoms with Crippen molar-refractivity contribution < 1.29 is 9.90 Å². The number of carbonyl (C=O) groups is 1. The van der Waals surface area contributed by atoms with Gasteiger partial charge in [-0.25, -0.2) is 9.78 Å². The highest BCUT2D eigenvalue weighted by atomic mass is 32.1. The number of rotatable bonds is 6. The number of hydrogen-bond acceptors (Lipinski definition) is 5. The second-order valence-corrected chi connectivity index (χ2v) is 6.26. The van der Waals surface area contributed by atoms with Crippen molar-refractivity contribution in [2.75, 3.05) is 26.2 Å². The first kappa shape index (κ1) is 15.4. The van der Waals surface area contributed by atoms with Crippen LogP contribution in [0.25, 0.3) is 0 Å². The molecule has 0 unspecified atom stereocenters. The van der Waals surface area contributed by atoms with Crippen LogP contribution in [0.15, 0.2) is 0 Å². The molecule has 1 aliphatic heterocycles. The SMILES string of the molecule is CCCCc1nc(CN2CCCNCC2)sc1C(=O)O. The summed E-state index contributed by atoms with van der Waals surface area (Å²) in [6.07, 6.45) is 3.97. The van der Waals surface area contributed by atoms with Crippen molar-refractivity contribution in [3.63, 3.8) is 0 Å². The molecular formula is C14H23N3O2S. The van der Waals surface area contributed by atoms with Gasteiger partial charge < -0.3 is 10.4 Å². The number of aromatic nitrogens is 1. The van der Waals surface area contributed by atoms with Crippen molar-refractivity contribution in [1.29, 1.82) is 0 Å². The summed E-state index contributed by atoms with van der Waals surface area (Å²) in [6, 6.07) is 0. The van der Waals surface area contributed by atoms with Crippen LogP contribution in [0.2, 0.25) is 0 Å². The van der Waals surface area contributed by atoms with E-state index in [1.165, 1.54) is 11.3 Å². The average Bonchev–Trinajstić information content (AvgIpc) is 2.64. The van der Waals surface area contributed by atoms with Crippen molar-refractivity contribution in [3.05, 3.63) is 15.6 Å². The fraction of sp³-hybridized carbons (Fsp3) is 0.714. The standard InChI is InChI=1S/C14H23N3O2S/c1-2-3-5-11-13(14(18)19)20-12(16-11)10-17-8-4-6-15-7-9-17/h15H,2-10H2,1H3,(H,18,19). The van der Waals surface area contributed by atoms with Gasteiger partial charge in [0.1, 0.15) is 9.88 Å². The number of nitrogens with zero attached hydrogens (tertiary/aromatic N) is 2. The normalized spacial score (nSPS) is 17.1. The van der Waals surface area contributed by atoms with Gasteiger partial charge in [-0.2, -0.15) is 0 Å². The van der Waals surface area contributed by atoms with E-state index in [9.17, 15) is 9.90 Å². The van der Waals surface area contributed by atoms with E-state index in [0.717, 1.165) is 69.1 Å². The summed E-state index contributed by atoms with van der Waals surface area (Å²) in [6.45, 7) is 7.01. The molecule has 2 rings (SSSR count). The van der Waals surface area contributed by atoms with E-state index in [2.05, 4.69) is 22.1 Å². The topological polar surface area (TPSA) is 65.5 Å². The fourth-order valence-electron chi connectivity index (χ4n) is 2.40. The molecule has 0 radical (unpaired) electrons. The Bertz CT molecular complexity index is 440. The first-order chi connectivity index (χ1) is 9.70. The second-order valence-electron chi connectivity index (χ2n) is 5.17. The zero-order chi connectivity index (χ0) is 14.4. The van der Waals surface area contributed by atoms with Crippen LogP contribution in [0.4, 0.5) is 0 Å². The lowest BCUT2D eigenvalue weighted by molar-refractivity contribution is 0.0700. The number of thiazole rings is 1. The molecule has 112 valence electrons. The molecule has 2 heterocycles. The van der Waals surface area contributed by atoms with E-state index in [1.807, 2.05) is 0 Å². The average molecular weight is 297 g/mol. The third-order valence-electron chi connectivity index (χ3n) is 3.49. The summed E-state index contributed by atoms with van der Waals surface area (Å²) in [4.78, 5) is 18.6. The first-order valence-electron chi connectivity index (χ1n) is 7.35. The van der Waals surface area contributed by atoms with E-state index in [1.54, 1.807) is 0 Å². The zero-order valence-corrected chi connectivity index (χ0v) is 12.8. The van der Waals surface area contributed by atoms with Crippen LogP contribution >= 0.6 is 11.3 Å². The third kappa shape index (κ3) is 4.26. The molecule has 2 N–H and O–H groups in total. The first-order valence-corrected chi connectivity index (χ1v) is 8.17. The maximum atomic E-state index is 11.3. The van der Waals surface area contributed by atoms with Crippen molar-refractivity contribution in [2.24, 2.45) is 0 Å². The van der Waals surface area contributed by atoms with Crippen molar-refractivity contribution >= 4 is 17.3 Å². The zero-order valence-electron chi connectivity index (χ0n) is 12.0. The number of carboxylic acid groups (broad SMARTS) is 1. The summed E-state index contributed by atoms with van der Waals surface area (Å²) >= 11 is 1.35. The predicted molar refractivity (Wildman–Crippen MR) is 80.4 cm³/mol. The van der Waals surface area contributed by atoms with Gasteiger partial charge in [0.25, 0.3) is 0 Å². The maximum Gasteiger partial charge on any atom is 0.347 e. The molecule has 0 saturated carbocycles. The smallest absolute Gasteiger partial charge is 0.347 e. The Hall–Kier alpha value is -0.980. The quantitative estimate of drug-likeness (QED) is 0.840. The number of aromatic carboxylic acids is 1. The highest BCUT2D eigenvalue weighted by Gasteiger charge is 2.18. The van der Waals surface area contributed by atoms with Crippen LogP contribution in [0.1, 0.15) is 46.6 Å². The molecule has 1 saturated heterocycles. The lowest BCUT2D eigenvalue weighted by atomic mass is 10.2. The van der Waals surface area contributed by atoms with Gasteiger partial charge in [-0.05, 0) is 32.4 Å². The van der Waals surface area contributed by atoms with Crippen LogP contribution in [-0.2, 0) is 13.0 Å². The molecule has 6 heteroatoms. The van der Waals surface area contributed by atoms with Gasteiger partial charge in [0, 0.05) is 13.1 Å². The summed E-state index contributed by atoms with van der Waals surface area (Å²) in [5, 5.41) is 13.6. The number of hydrogen-bond donors (Lipinski definition) is 2. The van der Waals surface area contributed by atoms with E-state index >= 15 is 0 Å². The van der Waals surface area contributed by atoms with Gasteiger partial charge in [0.05, 0.1) is 12.2 Å². The van der Waals surface area contributed by atoms with E-state index in [4.69, 9.17) is 0 Å². The Morgan fingerprint density at radius 3 is 3.05 bits per heavy atom. The molecule has 1 fully saturated rings. The molecule has 0 aliphatic carbocycles. The van der Waals surface area contributed by atoms with Gasteiger partial charge in [-0.3, -0.25) is 4.90 Å². The summed E-state index contributed by atoms with van der Waals surface area (Å²) in [5.74, 6) is -0.836. The van der Waals surface area contributed by atoms with Gasteiger partial charge in [-0.1, -0.05) is 13.3 Å². The molecule has 0 spiro atoms. The van der Waals surface area contributed by atoms with Crippen molar-refractivity contribution in [2.45, 2.75) is 39.2 Å². The highest BCUT2D eigenvalue weighted by molar-refractivity contribution is 7.13. The molecule has 5 nitrogen and oxygen atoms in total. The number of nitrogens with one attached hydrogen (secondary N) is 1. The van der Waals surface area contributed by atoms with E-state index < -0.39 is 5.97 Å². The summed E-state index contributed by atoms with van der Waals surface area (Å²) < 4.78 is 0. The summed E-state index contributed by atoms with van der Waals surface area (Å²) in [5.41, 5.74) is 0.771. The van der Waals surface area contributed by atoms with Crippen LogP contribution in [0.3, 0.4) is 0 Å². The number of carboxylic acids is 1. The highest BCUT2D eigenvalue weighted by Crippen LogP contribution is 2.22.